The topological polar surface area (TPSA) is 47.7 Å². The first-order valence-corrected chi connectivity index (χ1v) is 6.20. The van der Waals surface area contributed by atoms with Gasteiger partial charge in [0.25, 0.3) is 0 Å². The molecule has 0 unspecified atom stereocenters. The van der Waals surface area contributed by atoms with Crippen LogP contribution < -0.4 is 5.32 Å². The average Bonchev–Trinajstić information content (AvgIpc) is 2.91. The van der Waals surface area contributed by atoms with Gasteiger partial charge in [0.1, 0.15) is 0 Å². The second-order valence-electron chi connectivity index (χ2n) is 4.46. The summed E-state index contributed by atoms with van der Waals surface area (Å²) in [7, 11) is 1.69. The van der Waals surface area contributed by atoms with Gasteiger partial charge in [0.15, 0.2) is 5.82 Å². The van der Waals surface area contributed by atoms with E-state index in [0.29, 0.717) is 12.4 Å². The predicted molar refractivity (Wildman–Crippen MR) is 67.4 cm³/mol. The third kappa shape index (κ3) is 2.69. The Balaban J connectivity index is 2.44. The predicted octanol–water partition coefficient (Wildman–Crippen LogP) is 2.04. The van der Waals surface area contributed by atoms with Gasteiger partial charge in [-0.15, -0.1) is 0 Å². The summed E-state index contributed by atoms with van der Waals surface area (Å²) in [6.07, 6.45) is -2.60. The van der Waals surface area contributed by atoms with Crippen LogP contribution >= 0.6 is 0 Å². The Hall–Kier alpha value is -1.83. The Morgan fingerprint density at radius 3 is 2.60 bits per heavy atom. The number of hydrogen-bond acceptors (Lipinski definition) is 3. The van der Waals surface area contributed by atoms with Crippen molar-refractivity contribution in [2.75, 3.05) is 6.54 Å². The zero-order valence-corrected chi connectivity index (χ0v) is 11.5. The molecule has 0 aromatic carbocycles. The highest BCUT2D eigenvalue weighted by molar-refractivity contribution is 5.38. The first-order valence-electron chi connectivity index (χ1n) is 6.20. The van der Waals surface area contributed by atoms with E-state index in [9.17, 15) is 13.2 Å². The van der Waals surface area contributed by atoms with Gasteiger partial charge in [0, 0.05) is 25.4 Å². The molecule has 5 nitrogen and oxygen atoms in total. The molecule has 0 atom stereocenters. The van der Waals surface area contributed by atoms with Crippen molar-refractivity contribution in [3.8, 4) is 5.82 Å². The maximum absolute atomic E-state index is 12.6. The van der Waals surface area contributed by atoms with Crippen LogP contribution in [0.1, 0.15) is 23.7 Å². The van der Waals surface area contributed by atoms with Crippen LogP contribution in [0.15, 0.2) is 12.4 Å². The van der Waals surface area contributed by atoms with Crippen molar-refractivity contribution in [1.29, 1.82) is 0 Å². The van der Waals surface area contributed by atoms with Gasteiger partial charge in [-0.2, -0.15) is 23.4 Å². The summed E-state index contributed by atoms with van der Waals surface area (Å²) in [5.74, 6) is 0.541. The van der Waals surface area contributed by atoms with Crippen molar-refractivity contribution in [1.82, 2.24) is 24.9 Å². The number of aromatic nitrogens is 4. The molecule has 0 saturated carbocycles. The molecule has 0 radical (unpaired) electrons. The number of nitrogens with one attached hydrogen (secondary N) is 1. The highest BCUT2D eigenvalue weighted by atomic mass is 19.4. The molecule has 2 heterocycles. The molecule has 0 amide bonds. The smallest absolute Gasteiger partial charge is 0.313 e. The number of aryl methyl sites for hydroxylation is 2. The van der Waals surface area contributed by atoms with Gasteiger partial charge in [-0.3, -0.25) is 4.68 Å². The van der Waals surface area contributed by atoms with Crippen molar-refractivity contribution in [3.05, 3.63) is 29.2 Å². The maximum Gasteiger partial charge on any atom is 0.419 e. The summed E-state index contributed by atoms with van der Waals surface area (Å²) < 4.78 is 40.7. The molecule has 1 N–H and O–H groups in total. The lowest BCUT2D eigenvalue weighted by Crippen LogP contribution is -2.15. The second kappa shape index (κ2) is 5.28. The van der Waals surface area contributed by atoms with Crippen molar-refractivity contribution in [3.63, 3.8) is 0 Å². The van der Waals surface area contributed by atoms with E-state index in [0.717, 1.165) is 30.2 Å². The lowest BCUT2D eigenvalue weighted by atomic mass is 10.2. The number of rotatable bonds is 4. The van der Waals surface area contributed by atoms with Gasteiger partial charge in [0.05, 0.1) is 17.5 Å². The molecule has 2 rings (SSSR count). The Bertz CT molecular complexity index is 597. The zero-order valence-electron chi connectivity index (χ0n) is 11.5. The van der Waals surface area contributed by atoms with Crippen molar-refractivity contribution < 1.29 is 13.2 Å². The summed E-state index contributed by atoms with van der Waals surface area (Å²) in [6, 6.07) is 0. The SMILES string of the molecule is CCNCc1c(C)nn(C)c1-n1cc(C(F)(F)F)cn1. The maximum atomic E-state index is 12.6. The van der Waals surface area contributed by atoms with Crippen LogP contribution in [0.5, 0.6) is 0 Å². The van der Waals surface area contributed by atoms with Crippen LogP contribution in [0.2, 0.25) is 0 Å². The Morgan fingerprint density at radius 1 is 1.35 bits per heavy atom. The minimum atomic E-state index is -4.40. The van der Waals surface area contributed by atoms with Crippen LogP contribution in [-0.4, -0.2) is 26.1 Å². The van der Waals surface area contributed by atoms with Gasteiger partial charge < -0.3 is 5.32 Å². The van der Waals surface area contributed by atoms with Crippen LogP contribution in [0, 0.1) is 6.92 Å². The van der Waals surface area contributed by atoms with Crippen molar-refractivity contribution in [2.24, 2.45) is 7.05 Å². The fourth-order valence-electron chi connectivity index (χ4n) is 2.02. The molecule has 0 saturated heterocycles. The van der Waals surface area contributed by atoms with Gasteiger partial charge in [-0.1, -0.05) is 6.92 Å². The molecule has 0 aliphatic heterocycles. The van der Waals surface area contributed by atoms with E-state index in [1.807, 2.05) is 13.8 Å². The van der Waals surface area contributed by atoms with E-state index in [1.165, 1.54) is 9.36 Å². The first-order chi connectivity index (χ1) is 9.34. The lowest BCUT2D eigenvalue weighted by Gasteiger charge is -2.07. The molecule has 0 aliphatic carbocycles. The highest BCUT2D eigenvalue weighted by Gasteiger charge is 2.32. The summed E-state index contributed by atoms with van der Waals surface area (Å²) >= 11 is 0. The third-order valence-electron chi connectivity index (χ3n) is 2.99. The second-order valence-corrected chi connectivity index (χ2v) is 4.46. The molecule has 20 heavy (non-hydrogen) atoms. The fraction of sp³-hybridized carbons (Fsp3) is 0.500. The van der Waals surface area contributed by atoms with E-state index in [1.54, 1.807) is 7.05 Å². The molecule has 2 aromatic heterocycles. The monoisotopic (exact) mass is 287 g/mol. The van der Waals surface area contributed by atoms with E-state index < -0.39 is 11.7 Å². The number of nitrogens with zero attached hydrogens (tertiary/aromatic N) is 4. The van der Waals surface area contributed by atoms with Crippen molar-refractivity contribution in [2.45, 2.75) is 26.6 Å². The Morgan fingerprint density at radius 2 is 2.05 bits per heavy atom. The molecule has 8 heteroatoms. The average molecular weight is 287 g/mol. The molecule has 0 aliphatic rings. The molecule has 0 fully saturated rings. The van der Waals surface area contributed by atoms with E-state index >= 15 is 0 Å². The molecular weight excluding hydrogens is 271 g/mol. The van der Waals surface area contributed by atoms with Crippen LogP contribution in [-0.2, 0) is 19.8 Å². The van der Waals surface area contributed by atoms with Gasteiger partial charge >= 0.3 is 6.18 Å². The summed E-state index contributed by atoms with van der Waals surface area (Å²) in [5, 5.41) is 11.2. The standard InChI is InChI=1S/C12H16F3N5/c1-4-16-6-10-8(2)18-19(3)11(10)20-7-9(5-17-20)12(13,14)15/h5,7,16H,4,6H2,1-3H3. The normalized spacial score (nSPS) is 12.1. The molecular formula is C12H16F3N5. The summed E-state index contributed by atoms with van der Waals surface area (Å²) in [5.41, 5.74) is 0.837. The summed E-state index contributed by atoms with van der Waals surface area (Å²) in [6.45, 7) is 5.08. The quantitative estimate of drug-likeness (QED) is 0.936. The molecule has 2 aromatic rings. The minimum Gasteiger partial charge on any atom is -0.313 e. The Labute approximate surface area is 114 Å². The van der Waals surface area contributed by atoms with Crippen molar-refractivity contribution >= 4 is 0 Å². The first kappa shape index (κ1) is 14.6. The fourth-order valence-corrected chi connectivity index (χ4v) is 2.02. The van der Waals surface area contributed by atoms with E-state index in [4.69, 9.17) is 0 Å². The number of halogens is 3. The van der Waals surface area contributed by atoms with Crippen LogP contribution in [0.4, 0.5) is 13.2 Å². The largest absolute Gasteiger partial charge is 0.419 e. The molecule has 110 valence electrons. The minimum absolute atomic E-state index is 0.534. The van der Waals surface area contributed by atoms with E-state index in [2.05, 4.69) is 15.5 Å². The summed E-state index contributed by atoms with van der Waals surface area (Å²) in [4.78, 5) is 0. The molecule has 0 bridgehead atoms. The van der Waals surface area contributed by atoms with Gasteiger partial charge in [-0.25, -0.2) is 4.68 Å². The zero-order chi connectivity index (χ0) is 14.9. The lowest BCUT2D eigenvalue weighted by molar-refractivity contribution is -0.137. The van der Waals surface area contributed by atoms with Gasteiger partial charge in [-0.05, 0) is 13.5 Å². The number of alkyl halides is 3. The van der Waals surface area contributed by atoms with Crippen LogP contribution in [0.3, 0.4) is 0 Å². The number of hydrogen-bond donors (Lipinski definition) is 1. The van der Waals surface area contributed by atoms with Crippen LogP contribution in [0.25, 0.3) is 5.82 Å². The van der Waals surface area contributed by atoms with E-state index in [-0.39, 0.29) is 0 Å². The Kier molecular flexibility index (Phi) is 3.85. The highest BCUT2D eigenvalue weighted by Crippen LogP contribution is 2.29. The third-order valence-corrected chi connectivity index (χ3v) is 2.99. The van der Waals surface area contributed by atoms with Gasteiger partial charge in [0.2, 0.25) is 0 Å². The molecule has 0 spiro atoms.